The van der Waals surface area contributed by atoms with Crippen LogP contribution in [0.3, 0.4) is 0 Å². The molecule has 0 aliphatic rings. The van der Waals surface area contributed by atoms with Crippen LogP contribution in [0.1, 0.15) is 5.56 Å². The lowest BCUT2D eigenvalue weighted by Gasteiger charge is -2.07. The maximum absolute atomic E-state index is 8.89. The van der Waals surface area contributed by atoms with Crippen molar-refractivity contribution in [2.45, 2.75) is 0 Å². The van der Waals surface area contributed by atoms with Crippen molar-refractivity contribution < 1.29 is 4.74 Å². The highest BCUT2D eigenvalue weighted by Crippen LogP contribution is 2.31. The Balaban J connectivity index is 2.35. The molecule has 17 heavy (non-hydrogen) atoms. The fourth-order valence-electron chi connectivity index (χ4n) is 1.22. The number of rotatable bonds is 2. The number of hydrogen-bond donors (Lipinski definition) is 0. The second-order valence-electron chi connectivity index (χ2n) is 3.14. The lowest BCUT2D eigenvalue weighted by Crippen LogP contribution is -1.91. The van der Waals surface area contributed by atoms with Crippen LogP contribution in [0.5, 0.6) is 11.6 Å². The average Bonchev–Trinajstić information content (AvgIpc) is 2.33. The molecule has 5 heteroatoms. The van der Waals surface area contributed by atoms with Crippen LogP contribution in [0.4, 0.5) is 0 Å². The van der Waals surface area contributed by atoms with Gasteiger partial charge in [-0.05, 0) is 30.3 Å². The molecule has 0 N–H and O–H groups in total. The molecule has 0 atom stereocenters. The van der Waals surface area contributed by atoms with Crippen molar-refractivity contribution in [3.8, 4) is 17.7 Å². The van der Waals surface area contributed by atoms with Gasteiger partial charge in [-0.3, -0.25) is 0 Å². The summed E-state index contributed by atoms with van der Waals surface area (Å²) in [6, 6.07) is 10.1. The van der Waals surface area contributed by atoms with E-state index in [4.69, 9.17) is 33.2 Å². The van der Waals surface area contributed by atoms with Crippen molar-refractivity contribution in [3.05, 3.63) is 52.1 Å². The van der Waals surface area contributed by atoms with E-state index in [0.29, 0.717) is 21.4 Å². The van der Waals surface area contributed by atoms with E-state index in [1.165, 1.54) is 0 Å². The third kappa shape index (κ3) is 2.68. The van der Waals surface area contributed by atoms with Gasteiger partial charge in [-0.25, -0.2) is 4.98 Å². The summed E-state index contributed by atoms with van der Waals surface area (Å²) in [5, 5.41) is 9.77. The summed E-state index contributed by atoms with van der Waals surface area (Å²) in [5.41, 5.74) is 0.346. The summed E-state index contributed by atoms with van der Waals surface area (Å²) in [4.78, 5) is 3.97. The van der Waals surface area contributed by atoms with Gasteiger partial charge in [-0.2, -0.15) is 5.26 Å². The average molecular weight is 265 g/mol. The Labute approximate surface area is 108 Å². The maximum Gasteiger partial charge on any atom is 0.237 e. The molecule has 0 spiro atoms. The van der Waals surface area contributed by atoms with E-state index >= 15 is 0 Å². The van der Waals surface area contributed by atoms with Crippen LogP contribution in [-0.4, -0.2) is 4.98 Å². The standard InChI is InChI=1S/C12H6Cl2N2O/c13-9-3-4-11(10(14)6-9)17-12-8(7-15)2-1-5-16-12/h1-6H. The van der Waals surface area contributed by atoms with Crippen molar-refractivity contribution in [1.29, 1.82) is 5.26 Å². The molecule has 1 heterocycles. The summed E-state index contributed by atoms with van der Waals surface area (Å²) in [7, 11) is 0. The highest BCUT2D eigenvalue weighted by molar-refractivity contribution is 6.35. The molecule has 3 nitrogen and oxygen atoms in total. The van der Waals surface area contributed by atoms with Gasteiger partial charge in [0.05, 0.1) is 5.02 Å². The van der Waals surface area contributed by atoms with Crippen molar-refractivity contribution in [3.63, 3.8) is 0 Å². The van der Waals surface area contributed by atoms with Crippen LogP contribution in [0, 0.1) is 11.3 Å². The second kappa shape index (κ2) is 5.05. The summed E-state index contributed by atoms with van der Waals surface area (Å²) < 4.78 is 5.46. The van der Waals surface area contributed by atoms with Crippen LogP contribution in [0.2, 0.25) is 10.0 Å². The first-order chi connectivity index (χ1) is 8.20. The van der Waals surface area contributed by atoms with Crippen molar-refractivity contribution in [2.24, 2.45) is 0 Å². The van der Waals surface area contributed by atoms with E-state index in [2.05, 4.69) is 4.98 Å². The van der Waals surface area contributed by atoms with Crippen LogP contribution < -0.4 is 4.74 Å². The quantitative estimate of drug-likeness (QED) is 0.822. The van der Waals surface area contributed by atoms with Gasteiger partial charge in [0.15, 0.2) is 0 Å². The number of nitrogens with zero attached hydrogens (tertiary/aromatic N) is 2. The maximum atomic E-state index is 8.89. The van der Waals surface area contributed by atoms with Crippen molar-refractivity contribution in [2.75, 3.05) is 0 Å². The first-order valence-electron chi connectivity index (χ1n) is 4.69. The zero-order chi connectivity index (χ0) is 12.3. The Morgan fingerprint density at radius 3 is 2.76 bits per heavy atom. The van der Waals surface area contributed by atoms with Gasteiger partial charge in [-0.1, -0.05) is 23.2 Å². The fourth-order valence-corrected chi connectivity index (χ4v) is 1.67. The molecule has 0 saturated carbocycles. The molecular formula is C12H6Cl2N2O. The fraction of sp³-hybridized carbons (Fsp3) is 0. The molecule has 84 valence electrons. The van der Waals surface area contributed by atoms with Gasteiger partial charge < -0.3 is 4.74 Å². The predicted molar refractivity (Wildman–Crippen MR) is 65.5 cm³/mol. The molecule has 1 aromatic heterocycles. The molecular weight excluding hydrogens is 259 g/mol. The predicted octanol–water partition coefficient (Wildman–Crippen LogP) is 4.05. The Hall–Kier alpha value is -1.76. The lowest BCUT2D eigenvalue weighted by molar-refractivity contribution is 0.461. The lowest BCUT2D eigenvalue weighted by atomic mass is 10.3. The van der Waals surface area contributed by atoms with Gasteiger partial charge >= 0.3 is 0 Å². The third-order valence-corrected chi connectivity index (χ3v) is 2.52. The molecule has 0 aliphatic carbocycles. The second-order valence-corrected chi connectivity index (χ2v) is 3.99. The van der Waals surface area contributed by atoms with E-state index in [0.717, 1.165) is 0 Å². The van der Waals surface area contributed by atoms with Crippen LogP contribution in [-0.2, 0) is 0 Å². The first kappa shape index (κ1) is 11.7. The Morgan fingerprint density at radius 1 is 1.24 bits per heavy atom. The normalized spacial score (nSPS) is 9.71. The van der Waals surface area contributed by atoms with E-state index < -0.39 is 0 Å². The summed E-state index contributed by atoms with van der Waals surface area (Å²) in [6.45, 7) is 0. The molecule has 0 unspecified atom stereocenters. The molecule has 1 aromatic carbocycles. The SMILES string of the molecule is N#Cc1cccnc1Oc1ccc(Cl)cc1Cl. The number of benzene rings is 1. The van der Waals surface area contributed by atoms with Crippen molar-refractivity contribution in [1.82, 2.24) is 4.98 Å². The van der Waals surface area contributed by atoms with Gasteiger partial charge in [0.2, 0.25) is 5.88 Å². The highest BCUT2D eigenvalue weighted by atomic mass is 35.5. The molecule has 2 rings (SSSR count). The molecule has 2 aromatic rings. The highest BCUT2D eigenvalue weighted by Gasteiger charge is 2.08. The number of nitriles is 1. The minimum atomic E-state index is 0.222. The van der Waals surface area contributed by atoms with Gasteiger partial charge in [0.25, 0.3) is 0 Å². The van der Waals surface area contributed by atoms with E-state index in [9.17, 15) is 0 Å². The zero-order valence-electron chi connectivity index (χ0n) is 8.52. The molecule has 0 bridgehead atoms. The Morgan fingerprint density at radius 2 is 2.06 bits per heavy atom. The molecule has 0 radical (unpaired) electrons. The number of aromatic nitrogens is 1. The zero-order valence-corrected chi connectivity index (χ0v) is 10.0. The number of ether oxygens (including phenoxy) is 1. The van der Waals surface area contributed by atoms with Crippen LogP contribution in [0.15, 0.2) is 36.5 Å². The summed E-state index contributed by atoms with van der Waals surface area (Å²) in [6.07, 6.45) is 1.54. The minimum Gasteiger partial charge on any atom is -0.436 e. The molecule has 0 saturated heterocycles. The van der Waals surface area contributed by atoms with E-state index in [1.54, 1.807) is 36.5 Å². The number of halogens is 2. The molecule has 0 aliphatic heterocycles. The van der Waals surface area contributed by atoms with Crippen LogP contribution in [0.25, 0.3) is 0 Å². The summed E-state index contributed by atoms with van der Waals surface area (Å²) >= 11 is 11.7. The van der Waals surface area contributed by atoms with Gasteiger partial charge in [0.1, 0.15) is 17.4 Å². The van der Waals surface area contributed by atoms with Gasteiger partial charge in [-0.15, -0.1) is 0 Å². The van der Waals surface area contributed by atoms with Crippen molar-refractivity contribution >= 4 is 23.2 Å². The largest absolute Gasteiger partial charge is 0.436 e. The Kier molecular flexibility index (Phi) is 3.48. The van der Waals surface area contributed by atoms with Gasteiger partial charge in [0, 0.05) is 11.2 Å². The summed E-state index contributed by atoms with van der Waals surface area (Å²) in [5.74, 6) is 0.630. The minimum absolute atomic E-state index is 0.222. The van der Waals surface area contributed by atoms with E-state index in [-0.39, 0.29) is 5.88 Å². The monoisotopic (exact) mass is 264 g/mol. The molecule has 0 amide bonds. The first-order valence-corrected chi connectivity index (χ1v) is 5.44. The van der Waals surface area contributed by atoms with E-state index in [1.807, 2.05) is 6.07 Å². The number of pyridine rings is 1. The third-order valence-electron chi connectivity index (χ3n) is 1.99. The smallest absolute Gasteiger partial charge is 0.237 e. The Bertz CT molecular complexity index is 593. The van der Waals surface area contributed by atoms with Crippen LogP contribution >= 0.6 is 23.2 Å². The number of hydrogen-bond acceptors (Lipinski definition) is 3. The topological polar surface area (TPSA) is 45.9 Å². The molecule has 0 fully saturated rings.